The maximum Gasteiger partial charge on any atom is 0.247 e. The normalized spacial score (nSPS) is 17.4. The number of rotatable bonds is 7. The first kappa shape index (κ1) is 24.0. The van der Waals surface area contributed by atoms with Crippen molar-refractivity contribution < 1.29 is 31.1 Å². The fourth-order valence-corrected chi connectivity index (χ4v) is 6.91. The first-order chi connectivity index (χ1) is 14.8. The Morgan fingerprint density at radius 2 is 1.72 bits per heavy atom. The SMILES string of the molecule is COc1ccc(CNS(=O)(=O)c2ccc(N3C(=O)C(C)(C)CS3(=O)=O)cc2C)cc1OC. The summed E-state index contributed by atoms with van der Waals surface area (Å²) in [5, 5.41) is 0. The number of hydrogen-bond acceptors (Lipinski definition) is 7. The number of hydrogen-bond donors (Lipinski definition) is 1. The van der Waals surface area contributed by atoms with Gasteiger partial charge < -0.3 is 9.47 Å². The first-order valence-electron chi connectivity index (χ1n) is 9.71. The highest BCUT2D eigenvalue weighted by Crippen LogP contribution is 2.36. The van der Waals surface area contributed by atoms with Crippen molar-refractivity contribution in [3.63, 3.8) is 0 Å². The molecule has 0 atom stereocenters. The maximum atomic E-state index is 12.9. The van der Waals surface area contributed by atoms with E-state index in [4.69, 9.17) is 9.47 Å². The largest absolute Gasteiger partial charge is 0.493 e. The zero-order valence-corrected chi connectivity index (χ0v) is 20.1. The van der Waals surface area contributed by atoms with Crippen molar-refractivity contribution in [3.8, 4) is 11.5 Å². The van der Waals surface area contributed by atoms with Crippen LogP contribution in [-0.2, 0) is 31.4 Å². The topological polar surface area (TPSA) is 119 Å². The van der Waals surface area contributed by atoms with E-state index >= 15 is 0 Å². The lowest BCUT2D eigenvalue weighted by Gasteiger charge is -2.19. The summed E-state index contributed by atoms with van der Waals surface area (Å²) in [6.45, 7) is 4.69. The number of carbonyl (C=O) groups is 1. The van der Waals surface area contributed by atoms with Crippen LogP contribution in [0.4, 0.5) is 5.69 Å². The molecule has 1 saturated heterocycles. The molecule has 1 fully saturated rings. The molecule has 0 saturated carbocycles. The van der Waals surface area contributed by atoms with Gasteiger partial charge in [-0.1, -0.05) is 6.07 Å². The summed E-state index contributed by atoms with van der Waals surface area (Å²) in [5.74, 6) is 0.161. The van der Waals surface area contributed by atoms with E-state index in [1.165, 1.54) is 32.4 Å². The molecular weight excluding hydrogens is 456 g/mol. The molecule has 11 heteroatoms. The number of carbonyl (C=O) groups excluding carboxylic acids is 1. The number of nitrogens with one attached hydrogen (secondary N) is 1. The van der Waals surface area contributed by atoms with Crippen molar-refractivity contribution in [3.05, 3.63) is 47.5 Å². The van der Waals surface area contributed by atoms with Gasteiger partial charge in [0.15, 0.2) is 11.5 Å². The lowest BCUT2D eigenvalue weighted by atomic mass is 9.95. The Bertz CT molecular complexity index is 1270. The minimum atomic E-state index is -3.90. The van der Waals surface area contributed by atoms with E-state index in [1.807, 2.05) is 0 Å². The van der Waals surface area contributed by atoms with Crippen LogP contribution in [0.15, 0.2) is 41.3 Å². The summed E-state index contributed by atoms with van der Waals surface area (Å²) in [4.78, 5) is 12.6. The zero-order chi connectivity index (χ0) is 23.9. The Morgan fingerprint density at radius 1 is 1.06 bits per heavy atom. The van der Waals surface area contributed by atoms with Gasteiger partial charge in [-0.3, -0.25) is 4.79 Å². The van der Waals surface area contributed by atoms with Gasteiger partial charge in [-0.05, 0) is 62.2 Å². The number of benzene rings is 2. The fourth-order valence-electron chi connectivity index (χ4n) is 3.57. The Balaban J connectivity index is 1.85. The number of anilines is 1. The molecule has 174 valence electrons. The number of nitrogens with zero attached hydrogens (tertiary/aromatic N) is 1. The van der Waals surface area contributed by atoms with E-state index in [0.29, 0.717) is 22.6 Å². The van der Waals surface area contributed by atoms with Gasteiger partial charge in [0.05, 0.1) is 36.0 Å². The molecule has 32 heavy (non-hydrogen) atoms. The molecule has 1 aliphatic rings. The van der Waals surface area contributed by atoms with E-state index < -0.39 is 31.4 Å². The summed E-state index contributed by atoms with van der Waals surface area (Å²) in [7, 11) is -4.73. The second kappa shape index (κ2) is 8.38. The van der Waals surface area contributed by atoms with Crippen molar-refractivity contribution >= 4 is 31.6 Å². The van der Waals surface area contributed by atoms with E-state index in [1.54, 1.807) is 39.0 Å². The lowest BCUT2D eigenvalue weighted by Crippen LogP contribution is -2.33. The van der Waals surface area contributed by atoms with Crippen LogP contribution in [0.3, 0.4) is 0 Å². The third-order valence-electron chi connectivity index (χ3n) is 5.18. The van der Waals surface area contributed by atoms with Gasteiger partial charge in [-0.2, -0.15) is 0 Å². The van der Waals surface area contributed by atoms with Crippen LogP contribution in [0, 0.1) is 12.3 Å². The number of amides is 1. The highest BCUT2D eigenvalue weighted by atomic mass is 32.2. The summed E-state index contributed by atoms with van der Waals surface area (Å²) < 4.78 is 64.4. The molecule has 1 N–H and O–H groups in total. The van der Waals surface area contributed by atoms with Crippen molar-refractivity contribution in [2.45, 2.75) is 32.2 Å². The molecule has 0 spiro atoms. The molecule has 1 aliphatic heterocycles. The molecule has 2 aromatic rings. The monoisotopic (exact) mass is 482 g/mol. The van der Waals surface area contributed by atoms with E-state index in [0.717, 1.165) is 4.31 Å². The first-order valence-corrected chi connectivity index (χ1v) is 12.8. The number of methoxy groups -OCH3 is 2. The molecule has 9 nitrogen and oxygen atoms in total. The van der Waals surface area contributed by atoms with Crippen LogP contribution >= 0.6 is 0 Å². The van der Waals surface area contributed by atoms with Crippen LogP contribution in [0.1, 0.15) is 25.0 Å². The Kier molecular flexibility index (Phi) is 6.29. The number of aryl methyl sites for hydroxylation is 1. The highest BCUT2D eigenvalue weighted by Gasteiger charge is 2.50. The average Bonchev–Trinajstić information content (AvgIpc) is 2.88. The highest BCUT2D eigenvalue weighted by molar-refractivity contribution is 7.94. The van der Waals surface area contributed by atoms with E-state index in [9.17, 15) is 21.6 Å². The molecule has 0 unspecified atom stereocenters. The Hall–Kier alpha value is -2.63. The zero-order valence-electron chi connectivity index (χ0n) is 18.5. The number of ether oxygens (including phenoxy) is 2. The maximum absolute atomic E-state index is 12.9. The molecule has 0 aliphatic carbocycles. The van der Waals surface area contributed by atoms with Gasteiger partial charge in [-0.25, -0.2) is 25.9 Å². The van der Waals surface area contributed by atoms with Crippen molar-refractivity contribution in [2.75, 3.05) is 24.3 Å². The third kappa shape index (κ3) is 4.45. The smallest absolute Gasteiger partial charge is 0.247 e. The van der Waals surface area contributed by atoms with E-state index in [2.05, 4.69) is 4.72 Å². The Morgan fingerprint density at radius 3 is 2.25 bits per heavy atom. The van der Waals surface area contributed by atoms with E-state index in [-0.39, 0.29) is 22.9 Å². The van der Waals surface area contributed by atoms with Crippen LogP contribution in [-0.4, -0.2) is 42.7 Å². The molecule has 0 aromatic heterocycles. The van der Waals surface area contributed by atoms with Gasteiger partial charge in [-0.15, -0.1) is 0 Å². The minimum absolute atomic E-state index is 0.00923. The summed E-state index contributed by atoms with van der Waals surface area (Å²) >= 11 is 0. The predicted octanol–water partition coefficient (Wildman–Crippen LogP) is 2.19. The van der Waals surface area contributed by atoms with Crippen LogP contribution in [0.5, 0.6) is 11.5 Å². The van der Waals surface area contributed by atoms with Gasteiger partial charge >= 0.3 is 0 Å². The molecule has 1 amide bonds. The molecule has 0 radical (unpaired) electrons. The molecule has 3 rings (SSSR count). The Labute approximate surface area is 188 Å². The molecular formula is C21H26N2O7S2. The summed E-state index contributed by atoms with van der Waals surface area (Å²) in [6.07, 6.45) is 0. The predicted molar refractivity (Wildman–Crippen MR) is 120 cm³/mol. The van der Waals surface area contributed by atoms with Gasteiger partial charge in [0.1, 0.15) is 0 Å². The molecule has 0 bridgehead atoms. The lowest BCUT2D eigenvalue weighted by molar-refractivity contribution is -0.123. The third-order valence-corrected chi connectivity index (χ3v) is 8.76. The fraction of sp³-hybridized carbons (Fsp3) is 0.381. The summed E-state index contributed by atoms with van der Waals surface area (Å²) in [5.41, 5.74) is 0.0572. The van der Waals surface area contributed by atoms with Crippen LogP contribution in [0.2, 0.25) is 0 Å². The quantitative estimate of drug-likeness (QED) is 0.642. The molecule has 1 heterocycles. The van der Waals surface area contributed by atoms with Gasteiger partial charge in [0.2, 0.25) is 26.0 Å². The standard InChI is InChI=1S/C21H26N2O7S2/c1-14-10-16(23-20(24)21(2,3)13-31(23,25)26)7-9-19(14)32(27,28)22-12-15-6-8-17(29-4)18(11-15)30-5/h6-11,22H,12-13H2,1-5H3. The average molecular weight is 483 g/mol. The summed E-state index contributed by atoms with van der Waals surface area (Å²) in [6, 6.07) is 9.08. The number of sulfonamides is 2. The van der Waals surface area contributed by atoms with Gasteiger partial charge in [0.25, 0.3) is 0 Å². The van der Waals surface area contributed by atoms with Crippen LogP contribution in [0.25, 0.3) is 0 Å². The molecule has 2 aromatic carbocycles. The minimum Gasteiger partial charge on any atom is -0.493 e. The van der Waals surface area contributed by atoms with Gasteiger partial charge in [0, 0.05) is 6.54 Å². The second-order valence-electron chi connectivity index (χ2n) is 8.17. The van der Waals surface area contributed by atoms with Crippen molar-refractivity contribution in [1.82, 2.24) is 4.72 Å². The second-order valence-corrected chi connectivity index (χ2v) is 11.7. The van der Waals surface area contributed by atoms with Crippen molar-refractivity contribution in [2.24, 2.45) is 5.41 Å². The van der Waals surface area contributed by atoms with Crippen molar-refractivity contribution in [1.29, 1.82) is 0 Å². The van der Waals surface area contributed by atoms with Crippen LogP contribution < -0.4 is 18.5 Å².